The van der Waals surface area contributed by atoms with Crippen LogP contribution in [0.2, 0.25) is 5.02 Å². The van der Waals surface area contributed by atoms with E-state index in [-0.39, 0.29) is 17.6 Å². The Morgan fingerprint density at radius 3 is 2.42 bits per heavy atom. The first-order valence-corrected chi connectivity index (χ1v) is 16.9. The smallest absolute Gasteiger partial charge is 0.109 e. The van der Waals surface area contributed by atoms with Gasteiger partial charge < -0.3 is 10.6 Å². The Hall–Kier alpha value is -3.67. The van der Waals surface area contributed by atoms with Gasteiger partial charge in [0.15, 0.2) is 0 Å². The highest BCUT2D eigenvalue weighted by atomic mass is 35.5. The van der Waals surface area contributed by atoms with Gasteiger partial charge in [0.05, 0.1) is 40.1 Å². The van der Waals surface area contributed by atoms with Gasteiger partial charge in [-0.1, -0.05) is 66.4 Å². The molecule has 0 bridgehead atoms. The van der Waals surface area contributed by atoms with E-state index in [9.17, 15) is 5.26 Å². The van der Waals surface area contributed by atoms with Crippen LogP contribution < -0.4 is 10.6 Å². The molecule has 1 saturated carbocycles. The van der Waals surface area contributed by atoms with E-state index >= 15 is 0 Å². The summed E-state index contributed by atoms with van der Waals surface area (Å²) < 4.78 is 2.05. The van der Waals surface area contributed by atoms with E-state index < -0.39 is 0 Å². The van der Waals surface area contributed by atoms with Gasteiger partial charge in [-0.15, -0.1) is 5.10 Å². The van der Waals surface area contributed by atoms with Crippen LogP contribution in [0.3, 0.4) is 0 Å². The van der Waals surface area contributed by atoms with Crippen LogP contribution in [-0.2, 0) is 0 Å². The molecule has 4 aromatic rings. The summed E-state index contributed by atoms with van der Waals surface area (Å²) in [7, 11) is 0. The van der Waals surface area contributed by atoms with E-state index in [1.807, 2.05) is 24.3 Å². The molecule has 2 aliphatic rings. The lowest BCUT2D eigenvalue weighted by molar-refractivity contribution is 0.0866. The number of benzene rings is 2. The fourth-order valence-corrected chi connectivity index (χ4v) is 7.37. The average Bonchev–Trinajstić information content (AvgIpc) is 3.54. The Balaban J connectivity index is 1.31. The summed E-state index contributed by atoms with van der Waals surface area (Å²) in [5.41, 5.74) is 4.95. The number of aromatic nitrogens is 4. The highest BCUT2D eigenvalue weighted by Gasteiger charge is 2.29. The first kappa shape index (κ1) is 31.3. The standard InChI is InChI=1S/C36H45ClN8/c1-24(25-11-7-5-8-12-25)40-33-27(21-38)22-39-35-30(33)19-28(20-31(35)37)41-34(26-13-9-6-10-14-26)32-23-45(43-42-32)29-15-17-44(18-16-29)36(2,3)4/h6,9-10,13-14,19-20,22-25,29,34,41H,5,7-8,11-12,15-18H2,1-4H3,(H,39,40)/t24-,34+/m1/s1. The summed E-state index contributed by atoms with van der Waals surface area (Å²) >= 11 is 6.89. The molecule has 2 N–H and O–H groups in total. The molecule has 0 radical (unpaired) electrons. The van der Waals surface area contributed by atoms with Gasteiger partial charge >= 0.3 is 0 Å². The highest BCUT2D eigenvalue weighted by molar-refractivity contribution is 6.35. The number of nitrogens with zero attached hydrogens (tertiary/aromatic N) is 6. The fraction of sp³-hybridized carbons (Fsp3) is 0.500. The minimum atomic E-state index is -0.243. The number of halogens is 1. The van der Waals surface area contributed by atoms with Crippen molar-refractivity contribution in [3.05, 3.63) is 76.7 Å². The molecule has 1 aliphatic heterocycles. The molecule has 8 nitrogen and oxygen atoms in total. The number of rotatable bonds is 8. The molecule has 1 aliphatic carbocycles. The van der Waals surface area contributed by atoms with Crippen LogP contribution in [-0.4, -0.2) is 49.5 Å². The van der Waals surface area contributed by atoms with Gasteiger partial charge in [-0.2, -0.15) is 5.26 Å². The van der Waals surface area contributed by atoms with Gasteiger partial charge in [0.2, 0.25) is 0 Å². The molecule has 0 amide bonds. The van der Waals surface area contributed by atoms with E-state index in [0.29, 0.717) is 28.1 Å². The van der Waals surface area contributed by atoms with Crippen molar-refractivity contribution >= 4 is 33.9 Å². The predicted molar refractivity (Wildman–Crippen MR) is 183 cm³/mol. The SMILES string of the molecule is C[C@@H](Nc1c(C#N)cnc2c(Cl)cc(N[C@@H](c3ccccc3)c3cn(C4CCN(C(C)(C)C)CC4)nn3)cc12)C1CCCCC1. The zero-order valence-corrected chi connectivity index (χ0v) is 27.7. The van der Waals surface area contributed by atoms with Crippen molar-refractivity contribution in [3.8, 4) is 6.07 Å². The second kappa shape index (κ2) is 13.4. The van der Waals surface area contributed by atoms with E-state index in [1.165, 1.54) is 32.1 Å². The number of pyridine rings is 1. The monoisotopic (exact) mass is 624 g/mol. The van der Waals surface area contributed by atoms with Gasteiger partial charge in [0.1, 0.15) is 11.8 Å². The van der Waals surface area contributed by atoms with Crippen LogP contribution in [0.15, 0.2) is 54.9 Å². The number of likely N-dealkylation sites (tertiary alicyclic amines) is 1. The molecule has 2 fully saturated rings. The van der Waals surface area contributed by atoms with Crippen LogP contribution in [0.4, 0.5) is 11.4 Å². The van der Waals surface area contributed by atoms with Crippen LogP contribution >= 0.6 is 11.6 Å². The molecule has 9 heteroatoms. The summed E-state index contributed by atoms with van der Waals surface area (Å²) in [5, 5.41) is 28.2. The molecular formula is C36H45ClN8. The quantitative estimate of drug-likeness (QED) is 0.203. The number of hydrogen-bond acceptors (Lipinski definition) is 7. The van der Waals surface area contributed by atoms with Crippen molar-refractivity contribution in [2.24, 2.45) is 5.92 Å². The molecule has 0 unspecified atom stereocenters. The maximum atomic E-state index is 10.0. The van der Waals surface area contributed by atoms with Crippen molar-refractivity contribution in [1.82, 2.24) is 24.9 Å². The molecule has 1 saturated heterocycles. The maximum absolute atomic E-state index is 10.0. The zero-order chi connectivity index (χ0) is 31.6. The number of anilines is 2. The normalized spacial score (nSPS) is 18.4. The van der Waals surface area contributed by atoms with E-state index in [1.54, 1.807) is 6.20 Å². The maximum Gasteiger partial charge on any atom is 0.109 e. The minimum absolute atomic E-state index is 0.175. The second-order valence-corrected chi connectivity index (χ2v) is 14.3. The van der Waals surface area contributed by atoms with Crippen molar-refractivity contribution < 1.29 is 0 Å². The Morgan fingerprint density at radius 2 is 1.73 bits per heavy atom. The van der Waals surface area contributed by atoms with Crippen molar-refractivity contribution in [1.29, 1.82) is 5.26 Å². The largest absolute Gasteiger partial charge is 0.381 e. The van der Waals surface area contributed by atoms with Crippen LogP contribution in [0.5, 0.6) is 0 Å². The molecule has 6 rings (SSSR count). The lowest BCUT2D eigenvalue weighted by atomic mass is 9.84. The first-order valence-electron chi connectivity index (χ1n) is 16.5. The number of nitriles is 1. The summed E-state index contributed by atoms with van der Waals surface area (Å²) in [4.78, 5) is 7.14. The minimum Gasteiger partial charge on any atom is -0.381 e. The Labute approximate surface area is 272 Å². The molecule has 0 spiro atoms. The molecular weight excluding hydrogens is 580 g/mol. The third kappa shape index (κ3) is 6.95. The molecule has 2 atom stereocenters. The van der Waals surface area contributed by atoms with Gasteiger partial charge in [-0.05, 0) is 77.0 Å². The molecule has 2 aromatic carbocycles. The molecule has 3 heterocycles. The lowest BCUT2D eigenvalue weighted by Gasteiger charge is -2.40. The van der Waals surface area contributed by atoms with Gasteiger partial charge in [0, 0.05) is 41.9 Å². The van der Waals surface area contributed by atoms with Crippen molar-refractivity contribution in [2.75, 3.05) is 23.7 Å². The predicted octanol–water partition coefficient (Wildman–Crippen LogP) is 8.37. The fourth-order valence-electron chi connectivity index (χ4n) is 7.11. The molecule has 45 heavy (non-hydrogen) atoms. The van der Waals surface area contributed by atoms with Gasteiger partial charge in [-0.3, -0.25) is 9.88 Å². The third-order valence-electron chi connectivity index (χ3n) is 9.83. The van der Waals surface area contributed by atoms with Crippen molar-refractivity contribution in [2.45, 2.75) is 96.3 Å². The Bertz CT molecular complexity index is 1640. The van der Waals surface area contributed by atoms with E-state index in [4.69, 9.17) is 11.6 Å². The summed E-state index contributed by atoms with van der Waals surface area (Å²) in [6, 6.07) is 17.0. The van der Waals surface area contributed by atoms with Crippen LogP contribution in [0.25, 0.3) is 10.9 Å². The number of fused-ring (bicyclic) bond motifs is 1. The number of nitrogens with one attached hydrogen (secondary N) is 2. The molecule has 2 aromatic heterocycles. The number of hydrogen-bond donors (Lipinski definition) is 2. The Morgan fingerprint density at radius 1 is 1.00 bits per heavy atom. The van der Waals surface area contributed by atoms with Crippen molar-refractivity contribution in [3.63, 3.8) is 0 Å². The van der Waals surface area contributed by atoms with E-state index in [0.717, 1.165) is 53.9 Å². The highest BCUT2D eigenvalue weighted by Crippen LogP contribution is 2.37. The topological polar surface area (TPSA) is 94.7 Å². The number of piperidine rings is 1. The van der Waals surface area contributed by atoms with Crippen LogP contribution in [0.1, 0.15) is 102 Å². The first-order chi connectivity index (χ1) is 21.7. The van der Waals surface area contributed by atoms with E-state index in [2.05, 4.69) is 93.7 Å². The zero-order valence-electron chi connectivity index (χ0n) is 26.9. The molecule has 236 valence electrons. The Kier molecular flexibility index (Phi) is 9.30. The van der Waals surface area contributed by atoms with Crippen LogP contribution in [0, 0.1) is 17.2 Å². The lowest BCUT2D eigenvalue weighted by Crippen LogP contribution is -2.46. The van der Waals surface area contributed by atoms with Gasteiger partial charge in [-0.25, -0.2) is 4.68 Å². The summed E-state index contributed by atoms with van der Waals surface area (Å²) in [6.07, 6.45) is 12.1. The summed E-state index contributed by atoms with van der Waals surface area (Å²) in [6.45, 7) is 11.2. The third-order valence-corrected chi connectivity index (χ3v) is 10.1. The van der Waals surface area contributed by atoms with Gasteiger partial charge in [0.25, 0.3) is 0 Å². The second-order valence-electron chi connectivity index (χ2n) is 13.8. The summed E-state index contributed by atoms with van der Waals surface area (Å²) in [5.74, 6) is 0.580. The average molecular weight is 625 g/mol.